The Morgan fingerprint density at radius 2 is 0.529 bits per heavy atom. The summed E-state index contributed by atoms with van der Waals surface area (Å²) in [4.78, 5) is 64.7. The van der Waals surface area contributed by atoms with Crippen molar-refractivity contribution in [1.82, 2.24) is 0 Å². The molecule has 0 heterocycles. The van der Waals surface area contributed by atoms with Crippen molar-refractivity contribution in [2.24, 2.45) is 0 Å². The van der Waals surface area contributed by atoms with Gasteiger partial charge in [0.25, 0.3) is 0 Å². The smallest absolute Gasteiger partial charge is 1.00 e. The van der Waals surface area contributed by atoms with Crippen LogP contribution in [0.5, 0.6) is 0 Å². The fourth-order valence-electron chi connectivity index (χ4n) is 0. The molecule has 12 nitrogen and oxygen atoms in total. The molecule has 0 aromatic heterocycles. The van der Waals surface area contributed by atoms with Crippen LogP contribution in [0.4, 0.5) is 0 Å². The van der Waals surface area contributed by atoms with Crippen molar-refractivity contribution >= 4 is 23.5 Å². The second-order valence-electron chi connectivity index (χ2n) is 1.54. The van der Waals surface area contributed by atoms with Gasteiger partial charge in [-0.15, -0.1) is 0 Å². The van der Waals surface area contributed by atoms with Crippen LogP contribution >= 0.6 is 23.5 Å². The van der Waals surface area contributed by atoms with Gasteiger partial charge in [-0.05, 0) is 0 Å². The quantitative estimate of drug-likeness (QED) is 0.145. The summed E-state index contributed by atoms with van der Waals surface area (Å²) in [7, 11) is -13.9. The molecule has 0 aromatic rings. The Hall–Kier alpha value is 2.97. The average molecular weight is 358 g/mol. The van der Waals surface area contributed by atoms with Gasteiger partial charge in [0.15, 0.2) is 0 Å². The van der Waals surface area contributed by atoms with Gasteiger partial charge in [0.1, 0.15) is 0 Å². The molecule has 0 spiro atoms. The van der Waals surface area contributed by atoms with E-state index in [-0.39, 0.29) is 83.8 Å². The Bertz CT molecular complexity index is 217. The summed E-state index contributed by atoms with van der Waals surface area (Å²) in [6.07, 6.45) is 0. The summed E-state index contributed by atoms with van der Waals surface area (Å²) in [5.74, 6) is 0. The molecule has 0 fully saturated rings. The van der Waals surface area contributed by atoms with Crippen LogP contribution in [0.25, 0.3) is 0 Å². The molecule has 0 unspecified atom stereocenters. The standard InChI is InChI=1S/K.Na.3H3O4P.2H/c;;3*1-5(2,3)4;;/h;;3*(H3,1,2,3,4);;/q2*+1;;;;2*-1. The number of rotatable bonds is 0. The first-order valence-corrected chi connectivity index (χ1v) is 7.04. The summed E-state index contributed by atoms with van der Waals surface area (Å²) >= 11 is 0. The molecule has 0 saturated heterocycles. The van der Waals surface area contributed by atoms with E-state index in [1.165, 1.54) is 0 Å². The van der Waals surface area contributed by atoms with E-state index in [0.29, 0.717) is 0 Å². The van der Waals surface area contributed by atoms with E-state index in [0.717, 1.165) is 0 Å². The first-order valence-electron chi connectivity index (χ1n) is 2.35. The molecule has 0 atom stereocenters. The molecule has 0 rings (SSSR count). The molecule has 0 aromatic carbocycles. The normalized spacial score (nSPS) is 10.4. The van der Waals surface area contributed by atoms with E-state index in [1.807, 2.05) is 0 Å². The summed E-state index contributed by atoms with van der Waals surface area (Å²) < 4.78 is 26.6. The van der Waals surface area contributed by atoms with Crippen LogP contribution < -0.4 is 80.9 Å². The van der Waals surface area contributed by atoms with Gasteiger partial charge >= 0.3 is 104 Å². The van der Waals surface area contributed by atoms with Crippen molar-refractivity contribution in [1.29, 1.82) is 0 Å². The molecule has 0 radical (unpaired) electrons. The molecule has 0 saturated carbocycles. The van der Waals surface area contributed by atoms with Crippen molar-refractivity contribution in [2.45, 2.75) is 0 Å². The predicted molar refractivity (Wildman–Crippen MR) is 45.0 cm³/mol. The van der Waals surface area contributed by atoms with Crippen LogP contribution in [-0.2, 0) is 13.7 Å². The van der Waals surface area contributed by atoms with Crippen molar-refractivity contribution in [3.05, 3.63) is 0 Å². The molecule has 17 heavy (non-hydrogen) atoms. The summed E-state index contributed by atoms with van der Waals surface area (Å²) in [5, 5.41) is 0. The van der Waals surface area contributed by atoms with Crippen molar-refractivity contribution < 1.29 is 142 Å². The van der Waals surface area contributed by atoms with Crippen LogP contribution in [0.3, 0.4) is 0 Å². The van der Waals surface area contributed by atoms with Crippen LogP contribution in [0.2, 0.25) is 0 Å². The van der Waals surface area contributed by atoms with E-state index in [1.54, 1.807) is 0 Å². The monoisotopic (exact) mass is 358 g/mol. The molecule has 0 aliphatic carbocycles. The molecule has 0 amide bonds. The molecular weight excluding hydrogens is 347 g/mol. The van der Waals surface area contributed by atoms with Gasteiger partial charge in [-0.2, -0.15) is 0 Å². The molecule has 100 valence electrons. The largest absolute Gasteiger partial charge is 1.00 e. The average Bonchev–Trinajstić information content (AvgIpc) is 1.41. The van der Waals surface area contributed by atoms with Crippen LogP contribution in [-0.4, -0.2) is 44.0 Å². The summed E-state index contributed by atoms with van der Waals surface area (Å²) in [5.41, 5.74) is 0. The van der Waals surface area contributed by atoms with Crippen molar-refractivity contribution in [2.75, 3.05) is 0 Å². The van der Waals surface area contributed by atoms with Gasteiger partial charge in [0.2, 0.25) is 0 Å². The Labute approximate surface area is 162 Å². The summed E-state index contributed by atoms with van der Waals surface area (Å²) in [6.45, 7) is 0. The molecule has 0 bridgehead atoms. The third kappa shape index (κ3) is 620. The third-order valence-corrected chi connectivity index (χ3v) is 0. The fourth-order valence-corrected chi connectivity index (χ4v) is 0. The summed E-state index contributed by atoms with van der Waals surface area (Å²) in [6, 6.07) is 0. The van der Waals surface area contributed by atoms with Gasteiger partial charge in [-0.25, -0.2) is 13.7 Å². The van der Waals surface area contributed by atoms with Gasteiger partial charge in [0, 0.05) is 0 Å². The van der Waals surface area contributed by atoms with E-state index in [4.69, 9.17) is 57.7 Å². The molecular formula is H11KNaO12P3. The minimum atomic E-state index is -4.64. The van der Waals surface area contributed by atoms with E-state index < -0.39 is 23.5 Å². The minimum Gasteiger partial charge on any atom is -1.00 e. The zero-order chi connectivity index (χ0) is 13.5. The molecule has 17 heteroatoms. The first kappa shape index (κ1) is 32.1. The van der Waals surface area contributed by atoms with Crippen LogP contribution in [0, 0.1) is 0 Å². The third-order valence-electron chi connectivity index (χ3n) is 0. The first-order chi connectivity index (χ1) is 6.00. The second-order valence-corrected chi connectivity index (χ2v) is 4.62. The Morgan fingerprint density at radius 1 is 0.529 bits per heavy atom. The van der Waals surface area contributed by atoms with Crippen molar-refractivity contribution in [3.8, 4) is 0 Å². The maximum atomic E-state index is 8.88. The Balaban J connectivity index is -0.0000000206. The Kier molecular flexibility index (Phi) is 26.3. The number of phosphoric acid groups is 3. The predicted octanol–water partition coefficient (Wildman–Crippen LogP) is -8.55. The number of hydrogen-bond donors (Lipinski definition) is 9. The van der Waals surface area contributed by atoms with Crippen LogP contribution in [0.15, 0.2) is 0 Å². The second kappa shape index (κ2) is 13.9. The Morgan fingerprint density at radius 3 is 0.529 bits per heavy atom. The zero-order valence-corrected chi connectivity index (χ0v) is 16.4. The van der Waals surface area contributed by atoms with E-state index in [9.17, 15) is 0 Å². The molecule has 9 N–H and O–H groups in total. The van der Waals surface area contributed by atoms with Gasteiger partial charge < -0.3 is 46.9 Å². The molecule has 0 aliphatic rings. The molecule has 0 aliphatic heterocycles. The minimum absolute atomic E-state index is 0. The van der Waals surface area contributed by atoms with Gasteiger partial charge in [0.05, 0.1) is 0 Å². The zero-order valence-electron chi connectivity index (χ0n) is 10.6. The van der Waals surface area contributed by atoms with E-state index >= 15 is 0 Å². The van der Waals surface area contributed by atoms with Crippen LogP contribution in [0.1, 0.15) is 2.85 Å². The number of hydrogen-bond acceptors (Lipinski definition) is 3. The maximum absolute atomic E-state index is 8.88. The fraction of sp³-hybridized carbons (Fsp3) is 0. The van der Waals surface area contributed by atoms with Gasteiger partial charge in [-0.1, -0.05) is 0 Å². The topological polar surface area (TPSA) is 233 Å². The van der Waals surface area contributed by atoms with Crippen molar-refractivity contribution in [3.63, 3.8) is 0 Å². The van der Waals surface area contributed by atoms with E-state index in [2.05, 4.69) is 0 Å². The van der Waals surface area contributed by atoms with Gasteiger partial charge in [-0.3, -0.25) is 0 Å². The maximum Gasteiger partial charge on any atom is 1.00 e. The SMILES string of the molecule is O=P(O)(O)O.O=P(O)(O)O.O=P(O)(O)O.[H-].[H-].[K+].[Na+].